The average Bonchev–Trinajstić information content (AvgIpc) is 2.75. The van der Waals surface area contributed by atoms with Crippen LogP contribution in [0.4, 0.5) is 10.7 Å². The highest BCUT2D eigenvalue weighted by Crippen LogP contribution is 2.42. The number of rotatable bonds is 8. The summed E-state index contributed by atoms with van der Waals surface area (Å²) < 4.78 is 5.23. The number of nitrogens with zero attached hydrogens (tertiary/aromatic N) is 4. The molecule has 33 heavy (non-hydrogen) atoms. The van der Waals surface area contributed by atoms with E-state index in [2.05, 4.69) is 36.6 Å². The topological polar surface area (TPSA) is 101 Å². The van der Waals surface area contributed by atoms with Crippen molar-refractivity contribution in [1.82, 2.24) is 20.3 Å². The second-order valence-electron chi connectivity index (χ2n) is 9.54. The van der Waals surface area contributed by atoms with Crippen LogP contribution in [-0.2, 0) is 10.2 Å². The van der Waals surface area contributed by atoms with Gasteiger partial charge in [-0.2, -0.15) is 0 Å². The van der Waals surface area contributed by atoms with Crippen LogP contribution in [0, 0.1) is 0 Å². The first-order valence-corrected chi connectivity index (χ1v) is 11.3. The number of nitrogens with one attached hydrogen (secondary N) is 2. The highest BCUT2D eigenvalue weighted by atomic mass is 16.6. The molecule has 1 amide bonds. The minimum atomic E-state index is -0.519. The summed E-state index contributed by atoms with van der Waals surface area (Å²) >= 11 is 0. The molecular formula is C25H34N6O2. The Bertz CT molecular complexity index is 990. The molecule has 0 aliphatic heterocycles. The predicted molar refractivity (Wildman–Crippen MR) is 130 cm³/mol. The summed E-state index contributed by atoms with van der Waals surface area (Å²) in [5.74, 6) is 0.599. The van der Waals surface area contributed by atoms with E-state index in [1.54, 1.807) is 18.6 Å². The molecule has 0 bridgehead atoms. The smallest absolute Gasteiger partial charge is 0.407 e. The molecule has 0 aromatic carbocycles. The van der Waals surface area contributed by atoms with Gasteiger partial charge in [0.15, 0.2) is 0 Å². The summed E-state index contributed by atoms with van der Waals surface area (Å²) in [6.07, 6.45) is 10.1. The lowest BCUT2D eigenvalue weighted by Crippen LogP contribution is -2.41. The van der Waals surface area contributed by atoms with E-state index in [0.717, 1.165) is 41.9 Å². The number of pyridine rings is 1. The maximum Gasteiger partial charge on any atom is 0.407 e. The second-order valence-corrected chi connectivity index (χ2v) is 9.54. The second kappa shape index (κ2) is 10.6. The van der Waals surface area contributed by atoms with Crippen LogP contribution in [0.15, 0.2) is 53.6 Å². The van der Waals surface area contributed by atoms with Crippen LogP contribution in [0.5, 0.6) is 0 Å². The average molecular weight is 451 g/mol. The van der Waals surface area contributed by atoms with Crippen molar-refractivity contribution in [1.29, 1.82) is 0 Å². The Kier molecular flexibility index (Phi) is 7.79. The molecule has 2 aromatic heterocycles. The van der Waals surface area contributed by atoms with Gasteiger partial charge in [-0.25, -0.2) is 14.8 Å². The summed E-state index contributed by atoms with van der Waals surface area (Å²) in [7, 11) is 0. The van der Waals surface area contributed by atoms with Gasteiger partial charge in [-0.15, -0.1) is 0 Å². The number of carbonyl (C=O) groups excluding carboxylic acids is 1. The molecule has 1 aliphatic rings. The van der Waals surface area contributed by atoms with E-state index in [9.17, 15) is 4.79 Å². The Morgan fingerprint density at radius 2 is 1.91 bits per heavy atom. The third-order valence-electron chi connectivity index (χ3n) is 5.56. The van der Waals surface area contributed by atoms with Crippen LogP contribution >= 0.6 is 0 Å². The summed E-state index contributed by atoms with van der Waals surface area (Å²) in [5.41, 5.74) is 3.21. The maximum atomic E-state index is 11.8. The number of aliphatic imine (C=N–C) groups is 1. The van der Waals surface area contributed by atoms with Gasteiger partial charge < -0.3 is 15.4 Å². The van der Waals surface area contributed by atoms with Gasteiger partial charge in [0.2, 0.25) is 5.95 Å². The minimum absolute atomic E-state index is 0.0658. The van der Waals surface area contributed by atoms with Crippen molar-refractivity contribution in [3.8, 4) is 0 Å². The maximum absolute atomic E-state index is 11.8. The van der Waals surface area contributed by atoms with E-state index in [1.807, 2.05) is 52.9 Å². The molecule has 2 aromatic rings. The summed E-state index contributed by atoms with van der Waals surface area (Å²) in [5, 5.41) is 6.10. The molecular weight excluding hydrogens is 416 g/mol. The van der Waals surface area contributed by atoms with Crippen molar-refractivity contribution >= 4 is 17.8 Å². The number of aromatic nitrogens is 3. The van der Waals surface area contributed by atoms with Gasteiger partial charge in [0, 0.05) is 60.3 Å². The molecule has 0 saturated heterocycles. The first-order chi connectivity index (χ1) is 15.7. The van der Waals surface area contributed by atoms with E-state index in [0.29, 0.717) is 12.5 Å². The van der Waals surface area contributed by atoms with Crippen LogP contribution in [0.25, 0.3) is 0 Å². The van der Waals surface area contributed by atoms with Crippen LogP contribution in [0.3, 0.4) is 0 Å². The van der Waals surface area contributed by atoms with E-state index in [-0.39, 0.29) is 5.41 Å². The van der Waals surface area contributed by atoms with Gasteiger partial charge >= 0.3 is 6.09 Å². The van der Waals surface area contributed by atoms with E-state index < -0.39 is 11.7 Å². The Morgan fingerprint density at radius 1 is 1.18 bits per heavy atom. The molecule has 2 N–H and O–H groups in total. The van der Waals surface area contributed by atoms with E-state index in [4.69, 9.17) is 4.74 Å². The molecule has 3 rings (SSSR count). The van der Waals surface area contributed by atoms with E-state index >= 15 is 0 Å². The molecule has 1 fully saturated rings. The Hall–Kier alpha value is -3.29. The fourth-order valence-electron chi connectivity index (χ4n) is 3.51. The number of ether oxygens (including phenoxy) is 1. The molecule has 0 spiro atoms. The normalized spacial score (nSPS) is 16.0. The fourth-order valence-corrected chi connectivity index (χ4v) is 3.51. The minimum Gasteiger partial charge on any atom is -0.444 e. The van der Waals surface area contributed by atoms with Crippen molar-refractivity contribution in [2.45, 2.75) is 64.9 Å². The first-order valence-electron chi connectivity index (χ1n) is 11.3. The zero-order valence-corrected chi connectivity index (χ0v) is 20.2. The first kappa shape index (κ1) is 24.4. The van der Waals surface area contributed by atoms with Crippen molar-refractivity contribution < 1.29 is 9.53 Å². The molecule has 0 unspecified atom stereocenters. The van der Waals surface area contributed by atoms with Gasteiger partial charge in [-0.3, -0.25) is 9.98 Å². The van der Waals surface area contributed by atoms with Crippen molar-refractivity contribution in [2.75, 3.05) is 18.4 Å². The lowest BCUT2D eigenvalue weighted by atomic mass is 9.66. The van der Waals surface area contributed by atoms with Crippen LogP contribution < -0.4 is 10.6 Å². The molecule has 0 radical (unpaired) electrons. The summed E-state index contributed by atoms with van der Waals surface area (Å²) in [6, 6.07) is 6.09. The third-order valence-corrected chi connectivity index (χ3v) is 5.56. The standard InChI is InChI=1S/C25H34N6O2/c1-18(14-30-23(32)33-24(3,4)5)13-27-19(2)20-15-28-22(29-16-20)31-17-25(10-8-11-25)21-9-6-7-12-26-21/h6-7,9,12-13,15-16H,8,10-11,14,17H2,1-5H3,(H,30,32)(H,28,29,31)/b18-13+,27-19+. The Balaban J connectivity index is 1.53. The summed E-state index contributed by atoms with van der Waals surface area (Å²) in [4.78, 5) is 29.7. The molecule has 176 valence electrons. The molecule has 8 heteroatoms. The van der Waals surface area contributed by atoms with Crippen molar-refractivity contribution in [3.05, 3.63) is 59.8 Å². The van der Waals surface area contributed by atoms with E-state index in [1.165, 1.54) is 6.42 Å². The number of alkyl carbamates (subject to hydrolysis) is 1. The lowest BCUT2D eigenvalue weighted by Gasteiger charge is -2.41. The van der Waals surface area contributed by atoms with Gasteiger partial charge in [0.25, 0.3) is 0 Å². The number of carbonyl (C=O) groups is 1. The van der Waals surface area contributed by atoms with Crippen molar-refractivity contribution in [2.24, 2.45) is 4.99 Å². The lowest BCUT2D eigenvalue weighted by molar-refractivity contribution is 0.0532. The highest BCUT2D eigenvalue weighted by Gasteiger charge is 2.39. The van der Waals surface area contributed by atoms with Crippen molar-refractivity contribution in [3.63, 3.8) is 0 Å². The van der Waals surface area contributed by atoms with Gasteiger partial charge in [-0.1, -0.05) is 12.5 Å². The Morgan fingerprint density at radius 3 is 2.48 bits per heavy atom. The fraction of sp³-hybridized carbons (Fsp3) is 0.480. The monoisotopic (exact) mass is 450 g/mol. The van der Waals surface area contributed by atoms with Crippen LogP contribution in [0.2, 0.25) is 0 Å². The SMILES string of the molecule is C/C(=C\N=C(/C)c1cnc(NCC2(c3ccccn3)CCC2)nc1)CNC(=O)OC(C)(C)C. The van der Waals surface area contributed by atoms with Crippen LogP contribution in [0.1, 0.15) is 65.1 Å². The Labute approximate surface area is 196 Å². The molecule has 0 atom stereocenters. The zero-order valence-electron chi connectivity index (χ0n) is 20.2. The molecule has 8 nitrogen and oxygen atoms in total. The number of amides is 1. The summed E-state index contributed by atoms with van der Waals surface area (Å²) in [6.45, 7) is 10.4. The van der Waals surface area contributed by atoms with Gasteiger partial charge in [0.05, 0.1) is 0 Å². The molecule has 2 heterocycles. The number of hydrogen-bond acceptors (Lipinski definition) is 7. The number of anilines is 1. The number of hydrogen-bond donors (Lipinski definition) is 2. The third kappa shape index (κ3) is 7.10. The van der Waals surface area contributed by atoms with Gasteiger partial charge in [-0.05, 0) is 65.2 Å². The van der Waals surface area contributed by atoms with Crippen LogP contribution in [-0.4, -0.2) is 45.4 Å². The quantitative estimate of drug-likeness (QED) is 0.568. The predicted octanol–water partition coefficient (Wildman–Crippen LogP) is 4.64. The van der Waals surface area contributed by atoms with Gasteiger partial charge in [0.1, 0.15) is 5.60 Å². The molecule has 1 aliphatic carbocycles. The molecule has 1 saturated carbocycles. The zero-order chi connectivity index (χ0) is 23.9. The largest absolute Gasteiger partial charge is 0.444 e. The highest BCUT2D eigenvalue weighted by molar-refractivity contribution is 5.98.